The van der Waals surface area contributed by atoms with E-state index in [4.69, 9.17) is 0 Å². The van der Waals surface area contributed by atoms with E-state index >= 15 is 0 Å². The molecule has 0 aromatic rings. The minimum atomic E-state index is 0.694. The van der Waals surface area contributed by atoms with Crippen LogP contribution in [0.2, 0.25) is 0 Å². The topological polar surface area (TPSA) is 15.3 Å². The van der Waals surface area contributed by atoms with Crippen molar-refractivity contribution >= 4 is 0 Å². The summed E-state index contributed by atoms with van der Waals surface area (Å²) in [6.45, 7) is 17.0. The fourth-order valence-corrected chi connectivity index (χ4v) is 2.95. The van der Waals surface area contributed by atoms with Crippen LogP contribution in [0.5, 0.6) is 0 Å². The lowest BCUT2D eigenvalue weighted by Crippen LogP contribution is -2.48. The van der Waals surface area contributed by atoms with Crippen LogP contribution >= 0.6 is 0 Å². The Morgan fingerprint density at radius 1 is 1.00 bits per heavy atom. The lowest BCUT2D eigenvalue weighted by Gasteiger charge is -2.45. The van der Waals surface area contributed by atoms with E-state index in [0.717, 1.165) is 0 Å². The highest BCUT2D eigenvalue weighted by Gasteiger charge is 2.35. The molecule has 2 heterocycles. The molecule has 1 spiro atoms. The van der Waals surface area contributed by atoms with Gasteiger partial charge in [-0.05, 0) is 57.3 Å². The van der Waals surface area contributed by atoms with Gasteiger partial charge >= 0.3 is 0 Å². The second kappa shape index (κ2) is 10.8. The van der Waals surface area contributed by atoms with E-state index in [1.165, 1.54) is 64.8 Å². The van der Waals surface area contributed by atoms with E-state index in [2.05, 4.69) is 31.0 Å². The normalized spacial score (nSPS) is 22.5. The molecule has 0 atom stereocenters. The molecule has 2 heteroatoms. The standard InChI is InChI=1S/C11H22N2.C3H8.C2H6/c1-2-13-9-3-4-11(10-13)5-7-12-8-6-11;1-3-2;1-2/h12H,2-10H2,1H3;3H2,1-2H3;1-2H3. The van der Waals surface area contributed by atoms with E-state index < -0.39 is 0 Å². The van der Waals surface area contributed by atoms with Gasteiger partial charge in [0.15, 0.2) is 0 Å². The van der Waals surface area contributed by atoms with Crippen LogP contribution in [0.25, 0.3) is 0 Å². The quantitative estimate of drug-likeness (QED) is 0.765. The molecule has 2 saturated heterocycles. The number of nitrogens with zero attached hydrogens (tertiary/aromatic N) is 1. The van der Waals surface area contributed by atoms with Crippen molar-refractivity contribution in [2.75, 3.05) is 32.7 Å². The molecule has 18 heavy (non-hydrogen) atoms. The molecule has 0 radical (unpaired) electrons. The second-order valence-electron chi connectivity index (χ2n) is 5.43. The molecule has 0 aliphatic carbocycles. The van der Waals surface area contributed by atoms with Crippen LogP contribution in [-0.4, -0.2) is 37.6 Å². The smallest absolute Gasteiger partial charge is 0.00388 e. The van der Waals surface area contributed by atoms with Crippen molar-refractivity contribution in [1.82, 2.24) is 10.2 Å². The van der Waals surface area contributed by atoms with Gasteiger partial charge in [0, 0.05) is 6.54 Å². The van der Waals surface area contributed by atoms with E-state index in [9.17, 15) is 0 Å². The summed E-state index contributed by atoms with van der Waals surface area (Å²) < 4.78 is 0. The van der Waals surface area contributed by atoms with Crippen molar-refractivity contribution in [3.63, 3.8) is 0 Å². The summed E-state index contributed by atoms with van der Waals surface area (Å²) in [7, 11) is 0. The van der Waals surface area contributed by atoms with Crippen LogP contribution in [0.15, 0.2) is 0 Å². The van der Waals surface area contributed by atoms with E-state index in [1.807, 2.05) is 13.8 Å². The van der Waals surface area contributed by atoms with Crippen molar-refractivity contribution in [2.24, 2.45) is 5.41 Å². The first-order chi connectivity index (χ1) is 8.76. The lowest BCUT2D eigenvalue weighted by molar-refractivity contribution is 0.0630. The minimum absolute atomic E-state index is 0.694. The summed E-state index contributed by atoms with van der Waals surface area (Å²) in [5.74, 6) is 0. The summed E-state index contributed by atoms with van der Waals surface area (Å²) in [5.41, 5.74) is 0.694. The Kier molecular flexibility index (Phi) is 10.8. The molecule has 2 aliphatic rings. The van der Waals surface area contributed by atoms with Gasteiger partial charge in [-0.1, -0.05) is 41.0 Å². The third-order valence-electron chi connectivity index (χ3n) is 3.85. The molecule has 0 aromatic carbocycles. The molecule has 0 amide bonds. The molecule has 0 bridgehead atoms. The van der Waals surface area contributed by atoms with E-state index in [-0.39, 0.29) is 0 Å². The number of likely N-dealkylation sites (tertiary alicyclic amines) is 1. The molecular formula is C16H36N2. The van der Waals surface area contributed by atoms with E-state index in [0.29, 0.717) is 5.41 Å². The van der Waals surface area contributed by atoms with Gasteiger partial charge in [-0.25, -0.2) is 0 Å². The van der Waals surface area contributed by atoms with Crippen LogP contribution < -0.4 is 5.32 Å². The lowest BCUT2D eigenvalue weighted by atomic mass is 9.73. The molecule has 0 aromatic heterocycles. The van der Waals surface area contributed by atoms with Crippen molar-refractivity contribution in [3.8, 4) is 0 Å². The first kappa shape index (κ1) is 17.9. The summed E-state index contributed by atoms with van der Waals surface area (Å²) in [6, 6.07) is 0. The maximum absolute atomic E-state index is 3.47. The third kappa shape index (κ3) is 6.19. The number of hydrogen-bond donors (Lipinski definition) is 1. The first-order valence-electron chi connectivity index (χ1n) is 8.19. The first-order valence-corrected chi connectivity index (χ1v) is 8.19. The van der Waals surface area contributed by atoms with Crippen molar-refractivity contribution in [2.45, 2.75) is 66.7 Å². The van der Waals surface area contributed by atoms with Crippen LogP contribution in [-0.2, 0) is 0 Å². The van der Waals surface area contributed by atoms with Crippen molar-refractivity contribution < 1.29 is 0 Å². The highest BCUT2D eigenvalue weighted by molar-refractivity contribution is 4.90. The SMILES string of the molecule is CC.CCC.CCN1CCCC2(CCNCC2)C1. The Labute approximate surface area is 116 Å². The molecule has 2 aliphatic heterocycles. The largest absolute Gasteiger partial charge is 0.317 e. The highest BCUT2D eigenvalue weighted by Crippen LogP contribution is 2.37. The fourth-order valence-electron chi connectivity index (χ4n) is 2.95. The monoisotopic (exact) mass is 256 g/mol. The number of rotatable bonds is 1. The molecule has 1 N–H and O–H groups in total. The van der Waals surface area contributed by atoms with Gasteiger partial charge in [0.2, 0.25) is 0 Å². The van der Waals surface area contributed by atoms with Gasteiger partial charge in [0.25, 0.3) is 0 Å². The predicted octanol–water partition coefficient (Wildman–Crippen LogP) is 3.91. The number of nitrogens with one attached hydrogen (secondary N) is 1. The van der Waals surface area contributed by atoms with Gasteiger partial charge < -0.3 is 10.2 Å². The molecule has 2 fully saturated rings. The number of piperidine rings is 2. The Balaban J connectivity index is 0.000000509. The Morgan fingerprint density at radius 3 is 2.06 bits per heavy atom. The molecule has 0 unspecified atom stereocenters. The zero-order valence-corrected chi connectivity index (χ0v) is 13.5. The summed E-state index contributed by atoms with van der Waals surface area (Å²) in [4.78, 5) is 2.63. The summed E-state index contributed by atoms with van der Waals surface area (Å²) in [5, 5.41) is 3.47. The Bertz CT molecular complexity index is 168. The summed E-state index contributed by atoms with van der Waals surface area (Å²) >= 11 is 0. The van der Waals surface area contributed by atoms with Gasteiger partial charge in [0.1, 0.15) is 0 Å². The zero-order chi connectivity index (χ0) is 13.9. The highest BCUT2D eigenvalue weighted by atomic mass is 15.1. The maximum atomic E-state index is 3.47. The third-order valence-corrected chi connectivity index (χ3v) is 3.85. The van der Waals surface area contributed by atoms with Crippen LogP contribution in [0.1, 0.15) is 66.7 Å². The van der Waals surface area contributed by atoms with Gasteiger partial charge in [0.05, 0.1) is 0 Å². The van der Waals surface area contributed by atoms with Crippen LogP contribution in [0.3, 0.4) is 0 Å². The molecular weight excluding hydrogens is 220 g/mol. The maximum Gasteiger partial charge on any atom is 0.00388 e. The van der Waals surface area contributed by atoms with Crippen molar-refractivity contribution in [1.29, 1.82) is 0 Å². The molecule has 2 nitrogen and oxygen atoms in total. The number of hydrogen-bond acceptors (Lipinski definition) is 2. The van der Waals surface area contributed by atoms with E-state index in [1.54, 1.807) is 0 Å². The zero-order valence-electron chi connectivity index (χ0n) is 13.5. The van der Waals surface area contributed by atoms with Crippen molar-refractivity contribution in [3.05, 3.63) is 0 Å². The Hall–Kier alpha value is -0.0800. The second-order valence-corrected chi connectivity index (χ2v) is 5.43. The Morgan fingerprint density at radius 2 is 1.56 bits per heavy atom. The summed E-state index contributed by atoms with van der Waals surface area (Å²) in [6.07, 6.45) is 6.96. The van der Waals surface area contributed by atoms with Crippen LogP contribution in [0.4, 0.5) is 0 Å². The molecule has 0 saturated carbocycles. The molecule has 110 valence electrons. The van der Waals surface area contributed by atoms with Gasteiger partial charge in [-0.15, -0.1) is 0 Å². The van der Waals surface area contributed by atoms with Crippen LogP contribution in [0, 0.1) is 5.41 Å². The van der Waals surface area contributed by atoms with Gasteiger partial charge in [-0.2, -0.15) is 0 Å². The van der Waals surface area contributed by atoms with Gasteiger partial charge in [-0.3, -0.25) is 0 Å². The fraction of sp³-hybridized carbons (Fsp3) is 1.00. The minimum Gasteiger partial charge on any atom is -0.317 e. The predicted molar refractivity (Wildman–Crippen MR) is 83.2 cm³/mol. The average molecular weight is 256 g/mol. The average Bonchev–Trinajstić information content (AvgIpc) is 2.43. The molecule has 2 rings (SSSR count).